The molecule has 0 bridgehead atoms. The minimum atomic E-state index is 0. The second-order valence-electron chi connectivity index (χ2n) is 6.59. The van der Waals surface area contributed by atoms with Crippen LogP contribution >= 0.6 is 24.0 Å². The summed E-state index contributed by atoms with van der Waals surface area (Å²) < 4.78 is 5.09. The van der Waals surface area contributed by atoms with Gasteiger partial charge in [0.15, 0.2) is 5.96 Å². The molecule has 6 nitrogen and oxygen atoms in total. The van der Waals surface area contributed by atoms with Crippen LogP contribution < -0.4 is 10.6 Å². The summed E-state index contributed by atoms with van der Waals surface area (Å²) in [5, 5.41) is 6.78. The van der Waals surface area contributed by atoms with Gasteiger partial charge in [-0.05, 0) is 46.3 Å². The Bertz CT molecular complexity index is 323. The lowest BCUT2D eigenvalue weighted by Crippen LogP contribution is -2.41. The molecule has 7 heteroatoms. The van der Waals surface area contributed by atoms with E-state index in [1.165, 1.54) is 38.8 Å². The fourth-order valence-corrected chi connectivity index (χ4v) is 2.96. The van der Waals surface area contributed by atoms with Gasteiger partial charge < -0.3 is 25.2 Å². The van der Waals surface area contributed by atoms with Gasteiger partial charge in [-0.2, -0.15) is 0 Å². The Morgan fingerprint density at radius 3 is 2.48 bits per heavy atom. The first-order chi connectivity index (χ1) is 11.8. The number of aliphatic imine (C=N–C) groups is 1. The molecule has 0 aromatic heterocycles. The van der Waals surface area contributed by atoms with Crippen molar-refractivity contribution in [3.63, 3.8) is 0 Å². The maximum absolute atomic E-state index is 5.09. The van der Waals surface area contributed by atoms with Gasteiger partial charge in [-0.15, -0.1) is 24.0 Å². The van der Waals surface area contributed by atoms with Crippen molar-refractivity contribution in [1.82, 2.24) is 20.4 Å². The summed E-state index contributed by atoms with van der Waals surface area (Å²) >= 11 is 0. The highest BCUT2D eigenvalue weighted by molar-refractivity contribution is 14.0. The van der Waals surface area contributed by atoms with Gasteiger partial charge in [0.05, 0.1) is 6.54 Å². The molecule has 0 spiro atoms. The van der Waals surface area contributed by atoms with Gasteiger partial charge in [0.1, 0.15) is 0 Å². The van der Waals surface area contributed by atoms with Crippen LogP contribution in [-0.2, 0) is 4.74 Å². The lowest BCUT2D eigenvalue weighted by Gasteiger charge is -2.20. The number of likely N-dealkylation sites (tertiary alicyclic amines) is 1. The molecule has 1 fully saturated rings. The fourth-order valence-electron chi connectivity index (χ4n) is 2.96. The van der Waals surface area contributed by atoms with Crippen LogP contribution in [0.1, 0.15) is 39.0 Å². The number of rotatable bonds is 11. The van der Waals surface area contributed by atoms with E-state index in [-0.39, 0.29) is 24.0 Å². The van der Waals surface area contributed by atoms with Crippen LogP contribution in [-0.4, -0.2) is 88.9 Å². The topological polar surface area (TPSA) is 52.1 Å². The zero-order valence-corrected chi connectivity index (χ0v) is 18.9. The third-order valence-electron chi connectivity index (χ3n) is 4.40. The molecule has 0 atom stereocenters. The molecule has 0 saturated carbocycles. The van der Waals surface area contributed by atoms with E-state index in [2.05, 4.69) is 34.4 Å². The summed E-state index contributed by atoms with van der Waals surface area (Å²) in [7, 11) is 3.91. The number of halogens is 1. The van der Waals surface area contributed by atoms with E-state index >= 15 is 0 Å². The fraction of sp³-hybridized carbons (Fsp3) is 0.944. The molecule has 1 rings (SSSR count). The van der Waals surface area contributed by atoms with Crippen molar-refractivity contribution in [3.8, 4) is 0 Å². The molecule has 1 heterocycles. The standard InChI is InChI=1S/C18H39N5O.HI/c1-4-19-18(20-10-15-22(2)12-9-17-24-3)21-11-16-23-13-7-5-6-8-14-23;/h4-17H2,1-3H3,(H2,19,20,21);1H. The Morgan fingerprint density at radius 2 is 1.84 bits per heavy atom. The summed E-state index contributed by atoms with van der Waals surface area (Å²) in [6.45, 7) is 11.3. The smallest absolute Gasteiger partial charge is 0.191 e. The largest absolute Gasteiger partial charge is 0.385 e. The lowest BCUT2D eigenvalue weighted by atomic mass is 10.2. The SMILES string of the molecule is CCNC(=NCCN1CCCCCC1)NCCN(C)CCCOC.I. The van der Waals surface area contributed by atoms with Crippen LogP contribution in [0.3, 0.4) is 0 Å². The van der Waals surface area contributed by atoms with Crippen LogP contribution in [0.15, 0.2) is 4.99 Å². The number of ether oxygens (including phenoxy) is 1. The predicted octanol–water partition coefficient (Wildman–Crippen LogP) is 2.00. The van der Waals surface area contributed by atoms with Crippen molar-refractivity contribution in [3.05, 3.63) is 0 Å². The van der Waals surface area contributed by atoms with Crippen molar-refractivity contribution in [1.29, 1.82) is 0 Å². The molecule has 1 aliphatic heterocycles. The highest BCUT2D eigenvalue weighted by atomic mass is 127. The normalized spacial score (nSPS) is 16.4. The Hall–Kier alpha value is -0.120. The molecule has 25 heavy (non-hydrogen) atoms. The maximum atomic E-state index is 5.09. The van der Waals surface area contributed by atoms with Crippen molar-refractivity contribution in [2.24, 2.45) is 4.99 Å². The first-order valence-corrected chi connectivity index (χ1v) is 9.68. The Morgan fingerprint density at radius 1 is 1.12 bits per heavy atom. The number of hydrogen-bond acceptors (Lipinski definition) is 4. The number of hydrogen-bond donors (Lipinski definition) is 2. The lowest BCUT2D eigenvalue weighted by molar-refractivity contribution is 0.180. The number of methoxy groups -OCH3 is 1. The summed E-state index contributed by atoms with van der Waals surface area (Å²) in [4.78, 5) is 9.61. The van der Waals surface area contributed by atoms with E-state index in [0.717, 1.165) is 58.3 Å². The quantitative estimate of drug-likeness (QED) is 0.210. The number of likely N-dealkylation sites (N-methyl/N-ethyl adjacent to an activating group) is 1. The minimum absolute atomic E-state index is 0. The van der Waals surface area contributed by atoms with E-state index in [1.807, 2.05) is 0 Å². The van der Waals surface area contributed by atoms with Crippen molar-refractivity contribution in [2.45, 2.75) is 39.0 Å². The van der Waals surface area contributed by atoms with E-state index in [0.29, 0.717) is 0 Å². The van der Waals surface area contributed by atoms with E-state index in [4.69, 9.17) is 9.73 Å². The first-order valence-electron chi connectivity index (χ1n) is 9.68. The number of nitrogens with zero attached hydrogens (tertiary/aromatic N) is 3. The highest BCUT2D eigenvalue weighted by Gasteiger charge is 2.08. The number of guanidine groups is 1. The molecule has 150 valence electrons. The van der Waals surface area contributed by atoms with Gasteiger partial charge in [0, 0.05) is 46.4 Å². The molecule has 1 aliphatic rings. The Kier molecular flexibility index (Phi) is 17.2. The second kappa shape index (κ2) is 17.3. The monoisotopic (exact) mass is 469 g/mol. The molecule has 0 aliphatic carbocycles. The van der Waals surface area contributed by atoms with Gasteiger partial charge in [-0.3, -0.25) is 4.99 Å². The van der Waals surface area contributed by atoms with Crippen LogP contribution in [0, 0.1) is 0 Å². The molecule has 2 N–H and O–H groups in total. The Balaban J connectivity index is 0.00000576. The Labute approximate surface area is 172 Å². The molecule has 0 aromatic carbocycles. The summed E-state index contributed by atoms with van der Waals surface area (Å²) in [5.74, 6) is 0.942. The number of nitrogens with one attached hydrogen (secondary N) is 2. The highest BCUT2D eigenvalue weighted by Crippen LogP contribution is 2.08. The van der Waals surface area contributed by atoms with E-state index in [1.54, 1.807) is 7.11 Å². The molecule has 0 unspecified atom stereocenters. The maximum Gasteiger partial charge on any atom is 0.191 e. The zero-order chi connectivity index (χ0) is 17.5. The average Bonchev–Trinajstić information content (AvgIpc) is 2.84. The van der Waals surface area contributed by atoms with E-state index < -0.39 is 0 Å². The predicted molar refractivity (Wildman–Crippen MR) is 118 cm³/mol. The van der Waals surface area contributed by atoms with Crippen LogP contribution in [0.2, 0.25) is 0 Å². The van der Waals surface area contributed by atoms with Gasteiger partial charge in [0.2, 0.25) is 0 Å². The third-order valence-corrected chi connectivity index (χ3v) is 4.40. The molecule has 0 aromatic rings. The van der Waals surface area contributed by atoms with Gasteiger partial charge >= 0.3 is 0 Å². The molecular formula is C18H40IN5O. The van der Waals surface area contributed by atoms with Gasteiger partial charge in [-0.25, -0.2) is 0 Å². The molecule has 0 amide bonds. The van der Waals surface area contributed by atoms with Crippen molar-refractivity contribution < 1.29 is 4.74 Å². The molecule has 1 saturated heterocycles. The average molecular weight is 469 g/mol. The van der Waals surface area contributed by atoms with Crippen molar-refractivity contribution >= 4 is 29.9 Å². The molecular weight excluding hydrogens is 429 g/mol. The van der Waals surface area contributed by atoms with Crippen LogP contribution in [0.25, 0.3) is 0 Å². The second-order valence-corrected chi connectivity index (χ2v) is 6.59. The zero-order valence-electron chi connectivity index (χ0n) is 16.6. The van der Waals surface area contributed by atoms with Gasteiger partial charge in [0.25, 0.3) is 0 Å². The van der Waals surface area contributed by atoms with Crippen LogP contribution in [0.4, 0.5) is 0 Å². The first kappa shape index (κ1) is 24.9. The minimum Gasteiger partial charge on any atom is -0.385 e. The van der Waals surface area contributed by atoms with Crippen molar-refractivity contribution in [2.75, 3.05) is 73.1 Å². The van der Waals surface area contributed by atoms with Gasteiger partial charge in [-0.1, -0.05) is 12.8 Å². The summed E-state index contributed by atoms with van der Waals surface area (Å²) in [5.41, 5.74) is 0. The molecule has 0 radical (unpaired) electrons. The summed E-state index contributed by atoms with van der Waals surface area (Å²) in [6, 6.07) is 0. The third kappa shape index (κ3) is 13.7. The summed E-state index contributed by atoms with van der Waals surface area (Å²) in [6.07, 6.45) is 6.55. The van der Waals surface area contributed by atoms with Crippen LogP contribution in [0.5, 0.6) is 0 Å². The van der Waals surface area contributed by atoms with E-state index in [9.17, 15) is 0 Å².